The molecule has 1 heterocycles. The van der Waals surface area contributed by atoms with Crippen molar-refractivity contribution in [3.8, 4) is 0 Å². The fourth-order valence-electron chi connectivity index (χ4n) is 1.22. The van der Waals surface area contributed by atoms with Crippen molar-refractivity contribution in [2.24, 2.45) is 4.99 Å². The molecule has 1 aromatic carbocycles. The Morgan fingerprint density at radius 1 is 1.07 bits per heavy atom. The molecule has 0 N–H and O–H groups in total. The Hall–Kier alpha value is -1.96. The fourth-order valence-corrected chi connectivity index (χ4v) is 1.22. The Bertz CT molecular complexity index is 444. The summed E-state index contributed by atoms with van der Waals surface area (Å²) in [6.07, 6.45) is 3.53. The van der Waals surface area contributed by atoms with E-state index in [1.165, 1.54) is 5.56 Å². The third kappa shape index (κ3) is 2.74. The molecule has 0 bridgehead atoms. The van der Waals surface area contributed by atoms with Crippen LogP contribution >= 0.6 is 0 Å². The van der Waals surface area contributed by atoms with E-state index in [-0.39, 0.29) is 0 Å². The summed E-state index contributed by atoms with van der Waals surface area (Å²) in [6, 6.07) is 13.9. The first-order chi connectivity index (χ1) is 7.34. The van der Waals surface area contributed by atoms with Gasteiger partial charge in [-0.05, 0) is 31.2 Å². The van der Waals surface area contributed by atoms with Crippen LogP contribution in [0.25, 0.3) is 0 Å². The van der Waals surface area contributed by atoms with E-state index in [1.807, 2.05) is 42.5 Å². The second kappa shape index (κ2) is 4.51. The minimum absolute atomic E-state index is 0.873. The highest BCUT2D eigenvalue weighted by Gasteiger charge is 1.88. The van der Waals surface area contributed by atoms with Gasteiger partial charge in [-0.25, -0.2) is 0 Å². The zero-order valence-electron chi connectivity index (χ0n) is 8.59. The average molecular weight is 196 g/mol. The van der Waals surface area contributed by atoms with Crippen molar-refractivity contribution in [3.05, 3.63) is 59.9 Å². The van der Waals surface area contributed by atoms with Crippen LogP contribution in [0.4, 0.5) is 5.69 Å². The SMILES string of the molecule is Cc1ccc(/N=C/c2ccccn2)cc1. The Balaban J connectivity index is 2.15. The highest BCUT2D eigenvalue weighted by Crippen LogP contribution is 2.11. The van der Waals surface area contributed by atoms with Crippen LogP contribution < -0.4 is 0 Å². The van der Waals surface area contributed by atoms with E-state index < -0.39 is 0 Å². The van der Waals surface area contributed by atoms with Crippen LogP contribution in [0.3, 0.4) is 0 Å². The summed E-state index contributed by atoms with van der Waals surface area (Å²) in [5.74, 6) is 0. The van der Waals surface area contributed by atoms with Crippen LogP contribution in [0.5, 0.6) is 0 Å². The lowest BCUT2D eigenvalue weighted by Crippen LogP contribution is -1.83. The third-order valence-corrected chi connectivity index (χ3v) is 2.07. The molecule has 74 valence electrons. The first-order valence-corrected chi connectivity index (χ1v) is 4.86. The number of aliphatic imine (C=N–C) groups is 1. The van der Waals surface area contributed by atoms with Gasteiger partial charge in [-0.1, -0.05) is 23.8 Å². The van der Waals surface area contributed by atoms with Gasteiger partial charge in [0.05, 0.1) is 17.6 Å². The molecule has 0 atom stereocenters. The number of aryl methyl sites for hydroxylation is 1. The smallest absolute Gasteiger partial charge is 0.0812 e. The Morgan fingerprint density at radius 2 is 1.87 bits per heavy atom. The number of pyridine rings is 1. The van der Waals surface area contributed by atoms with Gasteiger partial charge in [0.2, 0.25) is 0 Å². The molecule has 0 radical (unpaired) electrons. The van der Waals surface area contributed by atoms with Crippen molar-refractivity contribution in [1.82, 2.24) is 4.98 Å². The van der Waals surface area contributed by atoms with Gasteiger partial charge in [0.1, 0.15) is 0 Å². The van der Waals surface area contributed by atoms with Crippen molar-refractivity contribution in [2.75, 3.05) is 0 Å². The molecular formula is C13H12N2. The summed E-state index contributed by atoms with van der Waals surface area (Å²) in [7, 11) is 0. The maximum Gasteiger partial charge on any atom is 0.0812 e. The number of hydrogen-bond donors (Lipinski definition) is 0. The molecule has 1 aromatic heterocycles. The zero-order valence-corrected chi connectivity index (χ0v) is 8.59. The Labute approximate surface area is 89.3 Å². The maximum absolute atomic E-state index is 4.33. The van der Waals surface area contributed by atoms with E-state index in [9.17, 15) is 0 Å². The van der Waals surface area contributed by atoms with Gasteiger partial charge in [0, 0.05) is 6.20 Å². The molecule has 0 saturated heterocycles. The topological polar surface area (TPSA) is 25.2 Å². The zero-order chi connectivity index (χ0) is 10.5. The second-order valence-corrected chi connectivity index (χ2v) is 3.35. The summed E-state index contributed by atoms with van der Waals surface area (Å²) in [5.41, 5.74) is 3.07. The van der Waals surface area contributed by atoms with Crippen LogP contribution in [0.15, 0.2) is 53.7 Å². The lowest BCUT2D eigenvalue weighted by atomic mass is 10.2. The first-order valence-electron chi connectivity index (χ1n) is 4.86. The predicted molar refractivity (Wildman–Crippen MR) is 62.7 cm³/mol. The molecule has 2 heteroatoms. The summed E-state index contributed by atoms with van der Waals surface area (Å²) in [6.45, 7) is 2.06. The van der Waals surface area contributed by atoms with Crippen LogP contribution in [0, 0.1) is 6.92 Å². The van der Waals surface area contributed by atoms with E-state index in [0.29, 0.717) is 0 Å². The fraction of sp³-hybridized carbons (Fsp3) is 0.0769. The van der Waals surface area contributed by atoms with Crippen molar-refractivity contribution in [2.45, 2.75) is 6.92 Å². The van der Waals surface area contributed by atoms with Gasteiger partial charge >= 0.3 is 0 Å². The van der Waals surface area contributed by atoms with Crippen LogP contribution in [-0.2, 0) is 0 Å². The molecule has 0 aliphatic heterocycles. The van der Waals surface area contributed by atoms with Gasteiger partial charge in [-0.2, -0.15) is 0 Å². The lowest BCUT2D eigenvalue weighted by Gasteiger charge is -1.94. The van der Waals surface area contributed by atoms with Gasteiger partial charge in [0.15, 0.2) is 0 Å². The van der Waals surface area contributed by atoms with Crippen molar-refractivity contribution in [1.29, 1.82) is 0 Å². The monoisotopic (exact) mass is 196 g/mol. The van der Waals surface area contributed by atoms with E-state index in [0.717, 1.165) is 11.4 Å². The molecule has 2 aromatic rings. The molecule has 2 nitrogen and oxygen atoms in total. The van der Waals surface area contributed by atoms with Crippen molar-refractivity contribution in [3.63, 3.8) is 0 Å². The summed E-state index contributed by atoms with van der Waals surface area (Å²) < 4.78 is 0. The Kier molecular flexibility index (Phi) is 2.88. The van der Waals surface area contributed by atoms with Gasteiger partial charge in [-0.15, -0.1) is 0 Å². The lowest BCUT2D eigenvalue weighted by molar-refractivity contribution is 1.30. The summed E-state index contributed by atoms with van der Waals surface area (Å²) in [4.78, 5) is 8.49. The van der Waals surface area contributed by atoms with Crippen LogP contribution in [0.2, 0.25) is 0 Å². The molecule has 2 rings (SSSR count). The normalized spacial score (nSPS) is 10.7. The molecular weight excluding hydrogens is 184 g/mol. The molecule has 15 heavy (non-hydrogen) atoms. The number of aromatic nitrogens is 1. The molecule has 0 aliphatic carbocycles. The largest absolute Gasteiger partial charge is 0.255 e. The number of rotatable bonds is 2. The Morgan fingerprint density at radius 3 is 2.53 bits per heavy atom. The predicted octanol–water partition coefficient (Wildman–Crippen LogP) is 3.14. The summed E-state index contributed by atoms with van der Waals surface area (Å²) in [5, 5.41) is 0. The van der Waals surface area contributed by atoms with Crippen LogP contribution in [-0.4, -0.2) is 11.2 Å². The van der Waals surface area contributed by atoms with Crippen LogP contribution in [0.1, 0.15) is 11.3 Å². The van der Waals surface area contributed by atoms with E-state index in [4.69, 9.17) is 0 Å². The maximum atomic E-state index is 4.33. The van der Waals surface area contributed by atoms with Gasteiger partial charge < -0.3 is 0 Å². The molecule has 0 unspecified atom stereocenters. The highest BCUT2D eigenvalue weighted by molar-refractivity contribution is 5.79. The summed E-state index contributed by atoms with van der Waals surface area (Å²) >= 11 is 0. The molecule has 0 saturated carbocycles. The molecule has 0 amide bonds. The molecule has 0 spiro atoms. The molecule has 0 fully saturated rings. The van der Waals surface area contributed by atoms with E-state index >= 15 is 0 Å². The minimum atomic E-state index is 0.873. The first kappa shape index (κ1) is 9.59. The number of nitrogens with zero attached hydrogens (tertiary/aromatic N) is 2. The minimum Gasteiger partial charge on any atom is -0.255 e. The number of benzene rings is 1. The van der Waals surface area contributed by atoms with Crippen molar-refractivity contribution >= 4 is 11.9 Å². The second-order valence-electron chi connectivity index (χ2n) is 3.35. The molecule has 0 aliphatic rings. The third-order valence-electron chi connectivity index (χ3n) is 2.07. The van der Waals surface area contributed by atoms with Gasteiger partial charge in [0.25, 0.3) is 0 Å². The average Bonchev–Trinajstić information content (AvgIpc) is 2.30. The van der Waals surface area contributed by atoms with Gasteiger partial charge in [-0.3, -0.25) is 9.98 Å². The number of hydrogen-bond acceptors (Lipinski definition) is 2. The standard InChI is InChI=1S/C13H12N2/c1-11-5-7-12(8-6-11)15-10-13-4-2-3-9-14-13/h2-10H,1H3/b15-10+. The van der Waals surface area contributed by atoms with E-state index in [2.05, 4.69) is 16.9 Å². The highest BCUT2D eigenvalue weighted by atomic mass is 14.8. The quantitative estimate of drug-likeness (QED) is 0.677. The van der Waals surface area contributed by atoms with E-state index in [1.54, 1.807) is 12.4 Å². The van der Waals surface area contributed by atoms with Crippen molar-refractivity contribution < 1.29 is 0 Å².